The number of hydrogen-bond donors (Lipinski definition) is 1. The van der Waals surface area contributed by atoms with Crippen LogP contribution in [0.2, 0.25) is 0 Å². The van der Waals surface area contributed by atoms with Gasteiger partial charge in [0.25, 0.3) is 0 Å². The van der Waals surface area contributed by atoms with Crippen LogP contribution in [-0.2, 0) is 21.3 Å². The molecular weight excluding hydrogens is 347 g/mol. The van der Waals surface area contributed by atoms with E-state index in [0.29, 0.717) is 10.8 Å². The Hall–Kier alpha value is -0.660. The van der Waals surface area contributed by atoms with E-state index >= 15 is 0 Å². The average Bonchev–Trinajstić information content (AvgIpc) is 2.31. The fraction of sp³-hybridized carbons (Fsp3) is 0.538. The molecule has 1 aromatic heterocycles. The maximum Gasteiger partial charge on any atom is 0.218 e. The van der Waals surface area contributed by atoms with E-state index < -0.39 is 27.2 Å². The summed E-state index contributed by atoms with van der Waals surface area (Å²) in [5, 5.41) is 0. The van der Waals surface area contributed by atoms with Crippen LogP contribution in [-0.4, -0.2) is 20.2 Å². The van der Waals surface area contributed by atoms with Crippen molar-refractivity contribution in [2.45, 2.75) is 44.4 Å². The summed E-state index contributed by atoms with van der Waals surface area (Å²) in [4.78, 5) is 14.6. The van der Waals surface area contributed by atoms with Crippen molar-refractivity contribution in [3.8, 4) is 0 Å². The van der Waals surface area contributed by atoms with Gasteiger partial charge in [0.05, 0.1) is 21.3 Å². The van der Waals surface area contributed by atoms with Gasteiger partial charge in [-0.15, -0.1) is 0 Å². The maximum atomic E-state index is 13.9. The highest BCUT2D eigenvalue weighted by atomic mass is 79.9. The monoisotopic (exact) mass is 364 g/mol. The Balaban J connectivity index is 3.24. The highest BCUT2D eigenvalue weighted by Crippen LogP contribution is 2.29. The number of carbonyl (C=O) groups excluding carboxylic acids is 1. The number of hydrogen-bond acceptors (Lipinski definition) is 3. The molecule has 0 radical (unpaired) electrons. The van der Waals surface area contributed by atoms with E-state index in [2.05, 4.69) is 25.6 Å². The third kappa shape index (κ3) is 4.17. The molecule has 2 atom stereocenters. The summed E-state index contributed by atoms with van der Waals surface area (Å²) in [7, 11) is -1.44. The summed E-state index contributed by atoms with van der Waals surface area (Å²) < 4.78 is 29.1. The molecule has 0 saturated heterocycles. The van der Waals surface area contributed by atoms with Crippen molar-refractivity contribution in [2.24, 2.45) is 0 Å². The summed E-state index contributed by atoms with van der Waals surface area (Å²) in [6, 6.07) is 1.54. The second-order valence-electron chi connectivity index (χ2n) is 5.68. The first-order valence-corrected chi connectivity index (χ1v) is 7.99. The minimum absolute atomic E-state index is 0.0100. The molecule has 1 heterocycles. The topological polar surface area (TPSA) is 59.1 Å². The summed E-state index contributed by atoms with van der Waals surface area (Å²) in [6.45, 7) is 7.03. The third-order valence-electron chi connectivity index (χ3n) is 2.77. The summed E-state index contributed by atoms with van der Waals surface area (Å²) in [5.74, 6) is -0.684. The van der Waals surface area contributed by atoms with E-state index in [1.807, 2.05) is 0 Å². The van der Waals surface area contributed by atoms with Gasteiger partial charge in [-0.2, -0.15) is 4.39 Å². The van der Waals surface area contributed by atoms with Gasteiger partial charge < -0.3 is 4.79 Å². The van der Waals surface area contributed by atoms with Crippen LogP contribution in [0, 0.1) is 5.95 Å². The van der Waals surface area contributed by atoms with Crippen LogP contribution in [0.4, 0.5) is 4.39 Å². The minimum atomic E-state index is -1.44. The molecule has 0 aliphatic rings. The predicted molar refractivity (Wildman–Crippen MR) is 81.0 cm³/mol. The fourth-order valence-corrected chi connectivity index (χ4v) is 2.78. The van der Waals surface area contributed by atoms with Crippen LogP contribution in [0.15, 0.2) is 16.7 Å². The van der Waals surface area contributed by atoms with Gasteiger partial charge >= 0.3 is 0 Å². The zero-order chi connectivity index (χ0) is 15.6. The molecule has 0 bridgehead atoms. The number of pyridine rings is 1. The van der Waals surface area contributed by atoms with Crippen LogP contribution < -0.4 is 4.72 Å². The second kappa shape index (κ2) is 6.41. The molecule has 1 aromatic rings. The Morgan fingerprint density at radius 2 is 2.05 bits per heavy atom. The van der Waals surface area contributed by atoms with Crippen molar-refractivity contribution >= 4 is 33.2 Å². The first-order chi connectivity index (χ1) is 9.10. The minimum Gasteiger partial charge on any atom is -0.303 e. The Morgan fingerprint density at radius 3 is 2.55 bits per heavy atom. The lowest BCUT2D eigenvalue weighted by atomic mass is 9.91. The molecule has 0 aliphatic heterocycles. The highest BCUT2D eigenvalue weighted by Gasteiger charge is 2.35. The van der Waals surface area contributed by atoms with Crippen LogP contribution >= 0.6 is 15.9 Å². The summed E-state index contributed by atoms with van der Waals surface area (Å²) in [5.41, 5.74) is -0.877. The van der Waals surface area contributed by atoms with Crippen molar-refractivity contribution in [3.05, 3.63) is 28.2 Å². The lowest BCUT2D eigenvalue weighted by molar-refractivity contribution is -0.108. The van der Waals surface area contributed by atoms with Gasteiger partial charge in [0.15, 0.2) is 0 Å². The van der Waals surface area contributed by atoms with Gasteiger partial charge in [-0.25, -0.2) is 13.9 Å². The van der Waals surface area contributed by atoms with Crippen molar-refractivity contribution in [3.63, 3.8) is 0 Å². The van der Waals surface area contributed by atoms with Gasteiger partial charge in [0, 0.05) is 22.7 Å². The second-order valence-corrected chi connectivity index (χ2v) is 8.56. The SMILES string of the molecule is CC(CC=O)(N[S@](=O)C(C)(C)C)c1cc(Br)cnc1F. The predicted octanol–water partition coefficient (Wildman–Crippen LogP) is 2.84. The quantitative estimate of drug-likeness (QED) is 0.645. The molecule has 1 N–H and O–H groups in total. The Labute approximate surface area is 129 Å². The van der Waals surface area contributed by atoms with Crippen molar-refractivity contribution in [1.82, 2.24) is 9.71 Å². The largest absolute Gasteiger partial charge is 0.303 e. The molecule has 0 spiro atoms. The van der Waals surface area contributed by atoms with Gasteiger partial charge in [-0.05, 0) is 49.7 Å². The smallest absolute Gasteiger partial charge is 0.218 e. The number of aromatic nitrogens is 1. The number of aldehydes is 1. The molecule has 4 nitrogen and oxygen atoms in total. The summed E-state index contributed by atoms with van der Waals surface area (Å²) in [6.07, 6.45) is 2.00. The van der Waals surface area contributed by atoms with E-state index in [9.17, 15) is 13.4 Å². The molecule has 1 rings (SSSR count). The number of rotatable bonds is 5. The van der Waals surface area contributed by atoms with Gasteiger partial charge in [-0.1, -0.05) is 0 Å². The molecule has 0 amide bonds. The Kier molecular flexibility index (Phi) is 5.57. The van der Waals surface area contributed by atoms with Crippen molar-refractivity contribution < 1.29 is 13.4 Å². The molecular formula is C13H18BrFN2O2S. The Morgan fingerprint density at radius 1 is 1.45 bits per heavy atom. The first kappa shape index (κ1) is 17.4. The Bertz CT molecular complexity index is 534. The van der Waals surface area contributed by atoms with E-state index in [-0.39, 0.29) is 12.0 Å². The van der Waals surface area contributed by atoms with Crippen LogP contribution in [0.5, 0.6) is 0 Å². The van der Waals surface area contributed by atoms with E-state index in [1.165, 1.54) is 6.20 Å². The molecule has 1 unspecified atom stereocenters. The number of nitrogens with one attached hydrogen (secondary N) is 1. The average molecular weight is 365 g/mol. The normalized spacial score (nSPS) is 16.5. The van der Waals surface area contributed by atoms with Gasteiger partial charge in [-0.3, -0.25) is 0 Å². The first-order valence-electron chi connectivity index (χ1n) is 6.05. The maximum absolute atomic E-state index is 13.9. The zero-order valence-corrected chi connectivity index (χ0v) is 14.3. The molecule has 20 heavy (non-hydrogen) atoms. The lowest BCUT2D eigenvalue weighted by Crippen LogP contribution is -2.47. The highest BCUT2D eigenvalue weighted by molar-refractivity contribution is 9.10. The van der Waals surface area contributed by atoms with Gasteiger partial charge in [0.2, 0.25) is 5.95 Å². The number of nitrogens with zero attached hydrogens (tertiary/aromatic N) is 1. The molecule has 0 aromatic carbocycles. The van der Waals surface area contributed by atoms with E-state index in [0.717, 1.165) is 0 Å². The molecule has 0 fully saturated rings. The zero-order valence-electron chi connectivity index (χ0n) is 11.9. The molecule has 7 heteroatoms. The van der Waals surface area contributed by atoms with E-state index in [4.69, 9.17) is 0 Å². The molecule has 0 saturated carbocycles. The van der Waals surface area contributed by atoms with Crippen LogP contribution in [0.25, 0.3) is 0 Å². The van der Waals surface area contributed by atoms with Crippen molar-refractivity contribution in [1.29, 1.82) is 0 Å². The van der Waals surface area contributed by atoms with Crippen LogP contribution in [0.3, 0.4) is 0 Å². The fourth-order valence-electron chi connectivity index (χ4n) is 1.54. The van der Waals surface area contributed by atoms with E-state index in [1.54, 1.807) is 33.8 Å². The lowest BCUT2D eigenvalue weighted by Gasteiger charge is -2.32. The van der Waals surface area contributed by atoms with Crippen molar-refractivity contribution in [2.75, 3.05) is 0 Å². The number of halogens is 2. The standard InChI is InChI=1S/C13H18BrFN2O2S/c1-12(2,3)20(19)17-13(4,5-6-18)10-7-9(14)8-16-11(10)15/h6-8,17H,5H2,1-4H3/t13?,20-/m1/s1. The molecule has 0 aliphatic carbocycles. The van der Waals surface area contributed by atoms with Gasteiger partial charge in [0.1, 0.15) is 6.29 Å². The van der Waals surface area contributed by atoms with Crippen LogP contribution in [0.1, 0.15) is 39.7 Å². The number of carbonyl (C=O) groups is 1. The molecule has 112 valence electrons. The summed E-state index contributed by atoms with van der Waals surface area (Å²) >= 11 is 3.22. The third-order valence-corrected chi connectivity index (χ3v) is 4.95.